The minimum Gasteiger partial charge on any atom is -0.507 e. The molecule has 1 heterocycles. The summed E-state index contributed by atoms with van der Waals surface area (Å²) in [5, 5.41) is 12.6. The van der Waals surface area contributed by atoms with Gasteiger partial charge in [0, 0.05) is 12.7 Å². The lowest BCUT2D eigenvalue weighted by Crippen LogP contribution is -2.26. The number of aromatic nitrogens is 1. The van der Waals surface area contributed by atoms with E-state index in [1.165, 1.54) is 0 Å². The number of pyridine rings is 1. The summed E-state index contributed by atoms with van der Waals surface area (Å²) >= 11 is 5.08. The molecule has 4 nitrogen and oxygen atoms in total. The van der Waals surface area contributed by atoms with E-state index in [9.17, 15) is 9.90 Å². The van der Waals surface area contributed by atoms with Crippen molar-refractivity contribution in [3.63, 3.8) is 0 Å². The molecule has 1 aromatic carbocycles. The van der Waals surface area contributed by atoms with Crippen LogP contribution in [0.4, 0.5) is 0 Å². The number of H-pyrrole nitrogens is 1. The van der Waals surface area contributed by atoms with E-state index in [1.807, 2.05) is 26.0 Å². The molecule has 1 amide bonds. The molecule has 0 aliphatic heterocycles. The Morgan fingerprint density at radius 3 is 2.62 bits per heavy atom. The van der Waals surface area contributed by atoms with Gasteiger partial charge in [-0.3, -0.25) is 4.79 Å². The second-order valence-corrected chi connectivity index (χ2v) is 5.41. The zero-order chi connectivity index (χ0) is 15.4. The standard InChI is InChI=1S/C16H18N2O2S/c1-10-8-12(9-11(2)14(10)19)5-7-17-15(20)13-4-3-6-18-16(13)21/h3-4,6,8-9,19H,5,7H2,1-2H3,(H,17,20)(H,18,21). The third-order valence-corrected chi connectivity index (χ3v) is 3.65. The number of phenols is 1. The van der Waals surface area contributed by atoms with Crippen LogP contribution in [0.3, 0.4) is 0 Å². The Kier molecular flexibility index (Phi) is 4.75. The van der Waals surface area contributed by atoms with Crippen LogP contribution < -0.4 is 5.32 Å². The summed E-state index contributed by atoms with van der Waals surface area (Å²) in [6.07, 6.45) is 2.40. The van der Waals surface area contributed by atoms with Crippen molar-refractivity contribution >= 4 is 18.1 Å². The SMILES string of the molecule is Cc1cc(CCNC(=O)c2ccc[nH]c2=S)cc(C)c1O. The minimum absolute atomic E-state index is 0.177. The molecule has 110 valence electrons. The second kappa shape index (κ2) is 6.54. The summed E-state index contributed by atoms with van der Waals surface area (Å²) in [6, 6.07) is 7.31. The fourth-order valence-electron chi connectivity index (χ4n) is 2.21. The first-order valence-corrected chi connectivity index (χ1v) is 7.15. The number of phenolic OH excluding ortho intramolecular Hbond substituents is 1. The summed E-state index contributed by atoms with van der Waals surface area (Å²) in [6.45, 7) is 4.26. The largest absolute Gasteiger partial charge is 0.507 e. The van der Waals surface area contributed by atoms with Gasteiger partial charge in [0.25, 0.3) is 5.91 Å². The minimum atomic E-state index is -0.177. The number of aromatic hydroxyl groups is 1. The zero-order valence-corrected chi connectivity index (χ0v) is 12.9. The highest BCUT2D eigenvalue weighted by molar-refractivity contribution is 7.71. The topological polar surface area (TPSA) is 65.1 Å². The quantitative estimate of drug-likeness (QED) is 0.761. The molecule has 0 unspecified atom stereocenters. The third kappa shape index (κ3) is 3.70. The maximum absolute atomic E-state index is 12.0. The molecule has 0 bridgehead atoms. The summed E-state index contributed by atoms with van der Waals surface area (Å²) < 4.78 is 0.436. The molecule has 0 radical (unpaired) electrons. The van der Waals surface area contributed by atoms with Crippen LogP contribution in [0.2, 0.25) is 0 Å². The highest BCUT2D eigenvalue weighted by Gasteiger charge is 2.07. The number of benzene rings is 1. The molecule has 21 heavy (non-hydrogen) atoms. The smallest absolute Gasteiger partial charge is 0.254 e. The number of hydrogen-bond donors (Lipinski definition) is 3. The number of nitrogens with one attached hydrogen (secondary N) is 2. The number of carbonyl (C=O) groups excluding carboxylic acids is 1. The fraction of sp³-hybridized carbons (Fsp3) is 0.250. The lowest BCUT2D eigenvalue weighted by Gasteiger charge is -2.09. The first-order chi connectivity index (χ1) is 9.99. The lowest BCUT2D eigenvalue weighted by molar-refractivity contribution is 0.0953. The van der Waals surface area contributed by atoms with Crippen molar-refractivity contribution in [2.24, 2.45) is 0 Å². The van der Waals surface area contributed by atoms with Gasteiger partial charge in [0.15, 0.2) is 0 Å². The van der Waals surface area contributed by atoms with Crippen LogP contribution in [0, 0.1) is 18.5 Å². The highest BCUT2D eigenvalue weighted by atomic mass is 32.1. The van der Waals surface area contributed by atoms with E-state index >= 15 is 0 Å². The zero-order valence-electron chi connectivity index (χ0n) is 12.1. The molecule has 0 atom stereocenters. The maximum atomic E-state index is 12.0. The summed E-state index contributed by atoms with van der Waals surface area (Å²) in [7, 11) is 0. The van der Waals surface area contributed by atoms with Crippen molar-refractivity contribution in [3.8, 4) is 5.75 Å². The van der Waals surface area contributed by atoms with E-state index in [0.29, 0.717) is 28.9 Å². The third-order valence-electron chi connectivity index (χ3n) is 3.31. The predicted octanol–water partition coefficient (Wildman–Crippen LogP) is 3.04. The first-order valence-electron chi connectivity index (χ1n) is 6.74. The molecule has 2 rings (SSSR count). The normalized spacial score (nSPS) is 10.4. The number of rotatable bonds is 4. The number of carbonyl (C=O) groups is 1. The van der Waals surface area contributed by atoms with E-state index < -0.39 is 0 Å². The average Bonchev–Trinajstić information content (AvgIpc) is 2.45. The van der Waals surface area contributed by atoms with E-state index in [0.717, 1.165) is 16.7 Å². The van der Waals surface area contributed by atoms with Crippen LogP contribution >= 0.6 is 12.2 Å². The molecule has 3 N–H and O–H groups in total. The van der Waals surface area contributed by atoms with Gasteiger partial charge in [-0.25, -0.2) is 0 Å². The van der Waals surface area contributed by atoms with Gasteiger partial charge in [-0.1, -0.05) is 24.4 Å². The molecule has 2 aromatic rings. The van der Waals surface area contributed by atoms with Crippen LogP contribution in [-0.4, -0.2) is 22.5 Å². The molecule has 5 heteroatoms. The molecule has 0 saturated heterocycles. The van der Waals surface area contributed by atoms with Crippen molar-refractivity contribution in [3.05, 3.63) is 57.4 Å². The van der Waals surface area contributed by atoms with Gasteiger partial charge >= 0.3 is 0 Å². The molecular formula is C16H18N2O2S. The first kappa shape index (κ1) is 15.3. The second-order valence-electron chi connectivity index (χ2n) is 5.00. The summed E-state index contributed by atoms with van der Waals surface area (Å²) in [5.74, 6) is 0.155. The molecule has 0 fully saturated rings. The number of hydrogen-bond acceptors (Lipinski definition) is 3. The summed E-state index contributed by atoms with van der Waals surface area (Å²) in [5.41, 5.74) is 3.26. The Morgan fingerprint density at radius 2 is 2.00 bits per heavy atom. The van der Waals surface area contributed by atoms with Gasteiger partial charge < -0.3 is 15.4 Å². The fourth-order valence-corrected chi connectivity index (χ4v) is 2.43. The number of amides is 1. The predicted molar refractivity (Wildman–Crippen MR) is 85.2 cm³/mol. The van der Waals surface area contributed by atoms with Crippen LogP contribution in [0.25, 0.3) is 0 Å². The Hall–Kier alpha value is -2.14. The average molecular weight is 302 g/mol. The van der Waals surface area contributed by atoms with E-state index in [1.54, 1.807) is 18.3 Å². The highest BCUT2D eigenvalue weighted by Crippen LogP contribution is 2.22. The molecule has 0 saturated carbocycles. The van der Waals surface area contributed by atoms with Gasteiger partial charge in [0.2, 0.25) is 0 Å². The molecule has 1 aromatic heterocycles. The van der Waals surface area contributed by atoms with Crippen LogP contribution in [0.1, 0.15) is 27.0 Å². The van der Waals surface area contributed by atoms with Gasteiger partial charge in [-0.05, 0) is 49.1 Å². The molecule has 0 spiro atoms. The van der Waals surface area contributed by atoms with Crippen molar-refractivity contribution < 1.29 is 9.90 Å². The van der Waals surface area contributed by atoms with E-state index in [4.69, 9.17) is 12.2 Å². The van der Waals surface area contributed by atoms with Gasteiger partial charge in [0.1, 0.15) is 10.4 Å². The number of aromatic amines is 1. The van der Waals surface area contributed by atoms with Crippen LogP contribution in [-0.2, 0) is 6.42 Å². The van der Waals surface area contributed by atoms with Crippen molar-refractivity contribution in [1.29, 1.82) is 0 Å². The van der Waals surface area contributed by atoms with Gasteiger partial charge in [-0.2, -0.15) is 0 Å². The maximum Gasteiger partial charge on any atom is 0.254 e. The Labute approximate surface area is 128 Å². The monoisotopic (exact) mass is 302 g/mol. The van der Waals surface area contributed by atoms with Gasteiger partial charge in [0.05, 0.1) is 5.56 Å². The van der Waals surface area contributed by atoms with E-state index in [2.05, 4.69) is 10.3 Å². The lowest BCUT2D eigenvalue weighted by atomic mass is 10.0. The van der Waals surface area contributed by atoms with Gasteiger partial charge in [-0.15, -0.1) is 0 Å². The Morgan fingerprint density at radius 1 is 1.33 bits per heavy atom. The van der Waals surface area contributed by atoms with Crippen molar-refractivity contribution in [1.82, 2.24) is 10.3 Å². The molecule has 0 aliphatic rings. The summed E-state index contributed by atoms with van der Waals surface area (Å²) in [4.78, 5) is 14.8. The molecule has 0 aliphatic carbocycles. The van der Waals surface area contributed by atoms with Crippen molar-refractivity contribution in [2.75, 3.05) is 6.54 Å². The Bertz CT molecular complexity index is 699. The number of aryl methyl sites for hydroxylation is 2. The van der Waals surface area contributed by atoms with Crippen molar-refractivity contribution in [2.45, 2.75) is 20.3 Å². The molecular weight excluding hydrogens is 284 g/mol. The van der Waals surface area contributed by atoms with Crippen LogP contribution in [0.15, 0.2) is 30.5 Å². The Balaban J connectivity index is 1.98. The van der Waals surface area contributed by atoms with E-state index in [-0.39, 0.29) is 5.91 Å². The van der Waals surface area contributed by atoms with Crippen LogP contribution in [0.5, 0.6) is 5.75 Å².